The minimum atomic E-state index is -0.801. The fourth-order valence-corrected chi connectivity index (χ4v) is 2.35. The van der Waals surface area contributed by atoms with Crippen molar-refractivity contribution in [3.05, 3.63) is 59.7 Å². The molecule has 2 N–H and O–H groups in total. The number of hydrogen-bond donors (Lipinski definition) is 2. The Labute approximate surface area is 123 Å². The second kappa shape index (κ2) is 7.01. The zero-order valence-electron chi connectivity index (χ0n) is 11.3. The molecule has 0 aliphatic carbocycles. The van der Waals surface area contributed by atoms with Crippen molar-refractivity contribution in [2.24, 2.45) is 0 Å². The molecule has 4 heteroatoms. The van der Waals surface area contributed by atoms with Crippen LogP contribution in [0.2, 0.25) is 0 Å². The fourth-order valence-electron chi connectivity index (χ4n) is 1.89. The van der Waals surface area contributed by atoms with Crippen LogP contribution in [0.1, 0.15) is 11.1 Å². The molecule has 104 valence electrons. The molecule has 3 nitrogen and oxygen atoms in total. The molecule has 0 aliphatic heterocycles. The predicted octanol–water partition coefficient (Wildman–Crippen LogP) is 3.65. The van der Waals surface area contributed by atoms with Gasteiger partial charge in [-0.15, -0.1) is 11.8 Å². The predicted molar refractivity (Wildman–Crippen MR) is 83.3 cm³/mol. The minimum Gasteiger partial charge on any atom is -0.481 e. The molecule has 0 aromatic heterocycles. The van der Waals surface area contributed by atoms with E-state index in [4.69, 9.17) is 5.11 Å². The van der Waals surface area contributed by atoms with Crippen LogP contribution in [0.4, 0.5) is 5.69 Å². The number of hydrogen-bond acceptors (Lipinski definition) is 3. The molecule has 0 fully saturated rings. The van der Waals surface area contributed by atoms with Gasteiger partial charge in [0.15, 0.2) is 0 Å². The maximum atomic E-state index is 10.6. The summed E-state index contributed by atoms with van der Waals surface area (Å²) >= 11 is 1.72. The molecular weight excluding hydrogens is 270 g/mol. The van der Waals surface area contributed by atoms with E-state index < -0.39 is 5.97 Å². The number of anilines is 1. The van der Waals surface area contributed by atoms with Gasteiger partial charge in [-0.3, -0.25) is 4.79 Å². The molecular formula is C16H17NO2S. The molecule has 2 rings (SSSR count). The van der Waals surface area contributed by atoms with Crippen molar-refractivity contribution in [3.8, 4) is 0 Å². The van der Waals surface area contributed by atoms with Gasteiger partial charge in [-0.2, -0.15) is 0 Å². The van der Waals surface area contributed by atoms with Gasteiger partial charge in [-0.05, 0) is 35.6 Å². The highest BCUT2D eigenvalue weighted by atomic mass is 32.2. The SMILES string of the molecule is CSc1cccc(NCc2ccc(CC(=O)O)cc2)c1. The monoisotopic (exact) mass is 287 g/mol. The smallest absolute Gasteiger partial charge is 0.307 e. The molecule has 0 radical (unpaired) electrons. The average molecular weight is 287 g/mol. The highest BCUT2D eigenvalue weighted by Crippen LogP contribution is 2.19. The van der Waals surface area contributed by atoms with E-state index in [9.17, 15) is 4.79 Å². The van der Waals surface area contributed by atoms with Gasteiger partial charge in [0, 0.05) is 17.1 Å². The Kier molecular flexibility index (Phi) is 5.07. The summed E-state index contributed by atoms with van der Waals surface area (Å²) in [5.74, 6) is -0.801. The number of nitrogens with one attached hydrogen (secondary N) is 1. The van der Waals surface area contributed by atoms with Crippen LogP contribution in [0.3, 0.4) is 0 Å². The standard InChI is InChI=1S/C16H17NO2S/c1-20-15-4-2-3-14(10-15)17-11-13-7-5-12(6-8-13)9-16(18)19/h2-8,10,17H,9,11H2,1H3,(H,18,19). The Morgan fingerprint density at radius 1 is 1.15 bits per heavy atom. The van der Waals surface area contributed by atoms with E-state index in [1.807, 2.05) is 36.4 Å². The van der Waals surface area contributed by atoms with Gasteiger partial charge in [-0.25, -0.2) is 0 Å². The number of carboxylic acids is 1. The molecule has 0 saturated carbocycles. The molecule has 0 atom stereocenters. The summed E-state index contributed by atoms with van der Waals surface area (Å²) in [5.41, 5.74) is 3.05. The molecule has 2 aromatic rings. The second-order valence-corrected chi connectivity index (χ2v) is 5.35. The Bertz CT molecular complexity index is 581. The van der Waals surface area contributed by atoms with Gasteiger partial charge in [0.2, 0.25) is 0 Å². The first kappa shape index (κ1) is 14.5. The number of rotatable bonds is 6. The molecule has 0 amide bonds. The van der Waals surface area contributed by atoms with Gasteiger partial charge < -0.3 is 10.4 Å². The molecule has 2 aromatic carbocycles. The Hall–Kier alpha value is -1.94. The van der Waals surface area contributed by atoms with Crippen LogP contribution in [-0.2, 0) is 17.8 Å². The zero-order valence-corrected chi connectivity index (χ0v) is 12.1. The van der Waals surface area contributed by atoms with E-state index >= 15 is 0 Å². The summed E-state index contributed by atoms with van der Waals surface area (Å²) in [4.78, 5) is 11.8. The van der Waals surface area contributed by atoms with Crippen molar-refractivity contribution in [2.75, 3.05) is 11.6 Å². The molecule has 0 bridgehead atoms. The van der Waals surface area contributed by atoms with E-state index in [1.54, 1.807) is 11.8 Å². The molecule has 0 unspecified atom stereocenters. The van der Waals surface area contributed by atoms with Crippen molar-refractivity contribution in [3.63, 3.8) is 0 Å². The molecule has 20 heavy (non-hydrogen) atoms. The van der Waals surface area contributed by atoms with Gasteiger partial charge in [0.05, 0.1) is 6.42 Å². The third kappa shape index (κ3) is 4.31. The largest absolute Gasteiger partial charge is 0.481 e. The van der Waals surface area contributed by atoms with Gasteiger partial charge in [-0.1, -0.05) is 30.3 Å². The second-order valence-electron chi connectivity index (χ2n) is 4.47. The van der Waals surface area contributed by atoms with E-state index in [2.05, 4.69) is 23.7 Å². The number of carbonyl (C=O) groups is 1. The van der Waals surface area contributed by atoms with E-state index in [1.165, 1.54) is 4.90 Å². The average Bonchev–Trinajstić information content (AvgIpc) is 2.46. The first-order chi connectivity index (χ1) is 9.67. The third-order valence-electron chi connectivity index (χ3n) is 2.94. The zero-order chi connectivity index (χ0) is 14.4. The van der Waals surface area contributed by atoms with E-state index in [0.29, 0.717) is 0 Å². The summed E-state index contributed by atoms with van der Waals surface area (Å²) in [6, 6.07) is 15.9. The highest BCUT2D eigenvalue weighted by molar-refractivity contribution is 7.98. The number of thioether (sulfide) groups is 1. The highest BCUT2D eigenvalue weighted by Gasteiger charge is 2.00. The van der Waals surface area contributed by atoms with Crippen molar-refractivity contribution in [2.45, 2.75) is 17.9 Å². The topological polar surface area (TPSA) is 49.3 Å². The van der Waals surface area contributed by atoms with Crippen LogP contribution in [0.25, 0.3) is 0 Å². The number of benzene rings is 2. The molecule has 0 saturated heterocycles. The van der Waals surface area contributed by atoms with Gasteiger partial charge >= 0.3 is 5.97 Å². The lowest BCUT2D eigenvalue weighted by molar-refractivity contribution is -0.136. The van der Waals surface area contributed by atoms with Crippen LogP contribution in [0.15, 0.2) is 53.4 Å². The van der Waals surface area contributed by atoms with Crippen LogP contribution in [-0.4, -0.2) is 17.3 Å². The van der Waals surface area contributed by atoms with Crippen LogP contribution in [0, 0.1) is 0 Å². The summed E-state index contributed by atoms with van der Waals surface area (Å²) in [5, 5.41) is 12.1. The number of carboxylic acid groups (broad SMARTS) is 1. The maximum Gasteiger partial charge on any atom is 0.307 e. The van der Waals surface area contributed by atoms with Crippen molar-refractivity contribution in [1.29, 1.82) is 0 Å². The van der Waals surface area contributed by atoms with Crippen molar-refractivity contribution < 1.29 is 9.90 Å². The summed E-state index contributed by atoms with van der Waals surface area (Å²) < 4.78 is 0. The van der Waals surface area contributed by atoms with Crippen LogP contribution in [0.5, 0.6) is 0 Å². The van der Waals surface area contributed by atoms with E-state index in [-0.39, 0.29) is 6.42 Å². The molecule has 0 heterocycles. The normalized spacial score (nSPS) is 10.2. The minimum absolute atomic E-state index is 0.0729. The third-order valence-corrected chi connectivity index (χ3v) is 3.67. The van der Waals surface area contributed by atoms with Crippen molar-refractivity contribution in [1.82, 2.24) is 0 Å². The molecule has 0 aliphatic rings. The Balaban J connectivity index is 1.94. The first-order valence-corrected chi connectivity index (χ1v) is 7.57. The van der Waals surface area contributed by atoms with Crippen molar-refractivity contribution >= 4 is 23.4 Å². The van der Waals surface area contributed by atoms with Gasteiger partial charge in [0.25, 0.3) is 0 Å². The Morgan fingerprint density at radius 3 is 2.50 bits per heavy atom. The quantitative estimate of drug-likeness (QED) is 0.796. The lowest BCUT2D eigenvalue weighted by Gasteiger charge is -2.08. The number of aliphatic carboxylic acids is 1. The first-order valence-electron chi connectivity index (χ1n) is 6.35. The Morgan fingerprint density at radius 2 is 1.85 bits per heavy atom. The van der Waals surface area contributed by atoms with Gasteiger partial charge in [0.1, 0.15) is 0 Å². The lowest BCUT2D eigenvalue weighted by atomic mass is 10.1. The lowest BCUT2D eigenvalue weighted by Crippen LogP contribution is -2.02. The summed E-state index contributed by atoms with van der Waals surface area (Å²) in [6.45, 7) is 0.727. The van der Waals surface area contributed by atoms with Crippen LogP contribution < -0.4 is 5.32 Å². The maximum absolute atomic E-state index is 10.6. The van der Waals surface area contributed by atoms with Crippen LogP contribution >= 0.6 is 11.8 Å². The fraction of sp³-hybridized carbons (Fsp3) is 0.188. The molecule has 0 spiro atoms. The van der Waals surface area contributed by atoms with E-state index in [0.717, 1.165) is 23.4 Å². The summed E-state index contributed by atoms with van der Waals surface area (Å²) in [7, 11) is 0. The summed E-state index contributed by atoms with van der Waals surface area (Å²) in [6.07, 6.45) is 2.13.